The summed E-state index contributed by atoms with van der Waals surface area (Å²) < 4.78 is 0. The number of fused-ring (bicyclic) bond motifs is 1. The van der Waals surface area contributed by atoms with E-state index in [1.165, 1.54) is 6.21 Å². The van der Waals surface area contributed by atoms with Crippen LogP contribution in [-0.4, -0.2) is 24.1 Å². The van der Waals surface area contributed by atoms with Crippen molar-refractivity contribution in [1.82, 2.24) is 20.9 Å². The van der Waals surface area contributed by atoms with Gasteiger partial charge >= 0.3 is 0 Å². The number of hydrogen-bond donors (Lipinski definition) is 6. The van der Waals surface area contributed by atoms with Crippen molar-refractivity contribution in [2.75, 3.05) is 7.05 Å². The maximum absolute atomic E-state index is 7.54. The molecular formula is C25H32N8. The number of nitrogens with zero attached hydrogens (tertiary/aromatic N) is 2. The highest BCUT2D eigenvalue weighted by Crippen LogP contribution is 2.29. The molecule has 0 spiro atoms. The highest BCUT2D eigenvalue weighted by atomic mass is 15.1. The van der Waals surface area contributed by atoms with Crippen molar-refractivity contribution in [3.8, 4) is 0 Å². The van der Waals surface area contributed by atoms with Crippen LogP contribution >= 0.6 is 0 Å². The molecule has 0 radical (unpaired) electrons. The SMILES string of the molecule is CN/C=C(/C1=CNC2=CC=C(N=C(N)C=C(C=N)C(C)C)NC2=C1)C(N)c1cncc(C)c1. The van der Waals surface area contributed by atoms with Crippen molar-refractivity contribution < 1.29 is 0 Å². The van der Waals surface area contributed by atoms with Crippen LogP contribution < -0.4 is 27.4 Å². The second kappa shape index (κ2) is 10.6. The van der Waals surface area contributed by atoms with Crippen LogP contribution in [0.25, 0.3) is 0 Å². The molecule has 8 heteroatoms. The fraction of sp³-hybridized carbons (Fsp3) is 0.240. The molecule has 2 aliphatic heterocycles. The van der Waals surface area contributed by atoms with Gasteiger partial charge < -0.3 is 32.8 Å². The summed E-state index contributed by atoms with van der Waals surface area (Å²) in [5, 5.41) is 17.3. The molecule has 33 heavy (non-hydrogen) atoms. The van der Waals surface area contributed by atoms with Gasteiger partial charge in [-0.1, -0.05) is 19.9 Å². The van der Waals surface area contributed by atoms with Crippen LogP contribution in [0, 0.1) is 18.3 Å². The number of nitrogens with one attached hydrogen (secondary N) is 4. The Labute approximate surface area is 195 Å². The Kier molecular flexibility index (Phi) is 7.63. The molecule has 2 aliphatic rings. The Bertz CT molecular complexity index is 1130. The number of dihydropyridines is 2. The molecule has 8 nitrogen and oxygen atoms in total. The van der Waals surface area contributed by atoms with Gasteiger partial charge in [0.25, 0.3) is 0 Å². The quantitative estimate of drug-likeness (QED) is 0.269. The molecular weight excluding hydrogens is 412 g/mol. The van der Waals surface area contributed by atoms with Crippen molar-refractivity contribution in [2.45, 2.75) is 26.8 Å². The molecule has 0 aromatic carbocycles. The molecule has 0 saturated carbocycles. The van der Waals surface area contributed by atoms with Crippen LogP contribution in [-0.2, 0) is 0 Å². The summed E-state index contributed by atoms with van der Waals surface area (Å²) in [6.07, 6.45) is 16.3. The lowest BCUT2D eigenvalue weighted by Crippen LogP contribution is -2.28. The summed E-state index contributed by atoms with van der Waals surface area (Å²) in [5.41, 5.74) is 19.2. The van der Waals surface area contributed by atoms with E-state index >= 15 is 0 Å². The van der Waals surface area contributed by atoms with E-state index in [0.717, 1.165) is 39.2 Å². The van der Waals surface area contributed by atoms with Gasteiger partial charge in [-0.25, -0.2) is 4.99 Å². The molecule has 0 fully saturated rings. The Balaban J connectivity index is 1.85. The topological polar surface area (TPSA) is 137 Å². The van der Waals surface area contributed by atoms with E-state index in [0.29, 0.717) is 11.7 Å². The number of hydrogen-bond acceptors (Lipinski definition) is 7. The maximum Gasteiger partial charge on any atom is 0.132 e. The van der Waals surface area contributed by atoms with E-state index in [-0.39, 0.29) is 12.0 Å². The predicted molar refractivity (Wildman–Crippen MR) is 135 cm³/mol. The summed E-state index contributed by atoms with van der Waals surface area (Å²) in [4.78, 5) is 8.75. The molecule has 3 heterocycles. The zero-order valence-corrected chi connectivity index (χ0v) is 19.5. The van der Waals surface area contributed by atoms with Gasteiger partial charge in [0, 0.05) is 38.1 Å². The van der Waals surface area contributed by atoms with Crippen molar-refractivity contribution in [2.24, 2.45) is 22.4 Å². The number of aryl methyl sites for hydroxylation is 1. The molecule has 1 aromatic heterocycles. The zero-order chi connectivity index (χ0) is 24.0. The predicted octanol–water partition coefficient (Wildman–Crippen LogP) is 2.78. The van der Waals surface area contributed by atoms with E-state index in [9.17, 15) is 0 Å². The Hall–Kier alpha value is -3.91. The van der Waals surface area contributed by atoms with E-state index in [1.807, 2.05) is 70.7 Å². The number of rotatable bonds is 8. The molecule has 8 N–H and O–H groups in total. The van der Waals surface area contributed by atoms with E-state index in [4.69, 9.17) is 16.9 Å². The van der Waals surface area contributed by atoms with Gasteiger partial charge in [0.05, 0.1) is 17.4 Å². The average molecular weight is 445 g/mol. The zero-order valence-electron chi connectivity index (χ0n) is 19.5. The summed E-state index contributed by atoms with van der Waals surface area (Å²) in [5.74, 6) is 1.14. The second-order valence-corrected chi connectivity index (χ2v) is 8.20. The number of aliphatic imine (C=N–C) groups is 1. The summed E-state index contributed by atoms with van der Waals surface area (Å²) in [6, 6.07) is 1.69. The lowest BCUT2D eigenvalue weighted by molar-refractivity contribution is 0.806. The third-order valence-electron chi connectivity index (χ3n) is 5.26. The fourth-order valence-corrected chi connectivity index (χ4v) is 3.48. The van der Waals surface area contributed by atoms with Crippen LogP contribution in [0.15, 0.2) is 94.1 Å². The van der Waals surface area contributed by atoms with Gasteiger partial charge in [0.1, 0.15) is 11.7 Å². The minimum Gasteiger partial charge on any atom is -0.394 e. The highest BCUT2D eigenvalue weighted by molar-refractivity contribution is 5.97. The van der Waals surface area contributed by atoms with Crippen LogP contribution in [0.5, 0.6) is 0 Å². The molecule has 0 saturated heterocycles. The Morgan fingerprint density at radius 3 is 2.70 bits per heavy atom. The average Bonchev–Trinajstić information content (AvgIpc) is 2.80. The molecule has 0 bridgehead atoms. The fourth-order valence-electron chi connectivity index (χ4n) is 3.48. The molecule has 1 unspecified atom stereocenters. The summed E-state index contributed by atoms with van der Waals surface area (Å²) in [7, 11) is 1.85. The lowest BCUT2D eigenvalue weighted by Gasteiger charge is -2.26. The van der Waals surface area contributed by atoms with Gasteiger partial charge in [-0.3, -0.25) is 4.98 Å². The van der Waals surface area contributed by atoms with Crippen LogP contribution in [0.2, 0.25) is 0 Å². The number of nitrogens with two attached hydrogens (primary N) is 2. The highest BCUT2D eigenvalue weighted by Gasteiger charge is 2.21. The third kappa shape index (κ3) is 5.87. The second-order valence-electron chi connectivity index (χ2n) is 8.20. The van der Waals surface area contributed by atoms with E-state index in [2.05, 4.69) is 25.9 Å². The Morgan fingerprint density at radius 2 is 2.03 bits per heavy atom. The first-order chi connectivity index (χ1) is 15.8. The first kappa shape index (κ1) is 23.7. The van der Waals surface area contributed by atoms with Crippen LogP contribution in [0.3, 0.4) is 0 Å². The number of aromatic nitrogens is 1. The molecule has 3 rings (SSSR count). The molecule has 1 aromatic rings. The number of allylic oxidation sites excluding steroid dienone is 4. The molecule has 1 atom stereocenters. The minimum atomic E-state index is -0.353. The van der Waals surface area contributed by atoms with Crippen LogP contribution in [0.1, 0.15) is 31.0 Å². The standard InChI is InChI=1S/C25H32N8/c1-15(2)17(10-26)9-23(27)33-24-6-5-21-22(32-24)8-18(13-31-21)20(14-29-4)25(28)19-7-16(3)11-30-12-19/h5-15,25-26,29,31-32H,28H2,1-4H3,(H2,27,33)/b17-9?,20-14-,26-10?. The lowest BCUT2D eigenvalue weighted by atomic mass is 9.92. The van der Waals surface area contributed by atoms with Crippen molar-refractivity contribution in [3.05, 3.63) is 100 Å². The monoisotopic (exact) mass is 444 g/mol. The van der Waals surface area contributed by atoms with Gasteiger partial charge in [-0.05, 0) is 65.0 Å². The van der Waals surface area contributed by atoms with Gasteiger partial charge in [-0.2, -0.15) is 0 Å². The smallest absolute Gasteiger partial charge is 0.132 e. The van der Waals surface area contributed by atoms with E-state index in [1.54, 1.807) is 12.3 Å². The maximum atomic E-state index is 7.54. The van der Waals surface area contributed by atoms with Gasteiger partial charge in [0.2, 0.25) is 0 Å². The van der Waals surface area contributed by atoms with E-state index < -0.39 is 0 Å². The first-order valence-corrected chi connectivity index (χ1v) is 10.8. The van der Waals surface area contributed by atoms with Crippen molar-refractivity contribution >= 4 is 12.1 Å². The molecule has 0 amide bonds. The van der Waals surface area contributed by atoms with Crippen LogP contribution in [0.4, 0.5) is 0 Å². The Morgan fingerprint density at radius 1 is 1.24 bits per heavy atom. The molecule has 172 valence electrons. The largest absolute Gasteiger partial charge is 0.394 e. The summed E-state index contributed by atoms with van der Waals surface area (Å²) in [6.45, 7) is 6.02. The minimum absolute atomic E-state index is 0.194. The van der Waals surface area contributed by atoms with Gasteiger partial charge in [-0.15, -0.1) is 0 Å². The molecule has 0 aliphatic carbocycles. The summed E-state index contributed by atoms with van der Waals surface area (Å²) >= 11 is 0. The number of amidine groups is 1. The normalized spacial score (nSPS) is 17.6. The third-order valence-corrected chi connectivity index (χ3v) is 5.26. The van der Waals surface area contributed by atoms with Crippen molar-refractivity contribution in [1.29, 1.82) is 5.41 Å². The van der Waals surface area contributed by atoms with Gasteiger partial charge in [0.15, 0.2) is 0 Å². The number of pyridine rings is 1. The first-order valence-electron chi connectivity index (χ1n) is 10.8. The van der Waals surface area contributed by atoms with Crippen molar-refractivity contribution in [3.63, 3.8) is 0 Å².